The van der Waals surface area contributed by atoms with E-state index in [0.29, 0.717) is 32.2 Å². The summed E-state index contributed by atoms with van der Waals surface area (Å²) in [7, 11) is 0. The summed E-state index contributed by atoms with van der Waals surface area (Å²) in [4.78, 5) is 10.2. The third kappa shape index (κ3) is 4.34. The zero-order valence-electron chi connectivity index (χ0n) is 12.2. The highest BCUT2D eigenvalue weighted by Crippen LogP contribution is 2.33. The van der Waals surface area contributed by atoms with E-state index in [2.05, 4.69) is 15.6 Å². The Hall–Kier alpha value is -1.83. The molecule has 122 valence electrons. The van der Waals surface area contributed by atoms with E-state index in [1.54, 1.807) is 26.0 Å². The Bertz CT molecular complexity index is 765. The summed E-state index contributed by atoms with van der Waals surface area (Å²) in [5, 5.41) is 19.9. The van der Waals surface area contributed by atoms with Crippen LogP contribution in [0.2, 0.25) is 15.1 Å². The summed E-state index contributed by atoms with van der Waals surface area (Å²) >= 11 is 17.9. The molecule has 10 heteroatoms. The van der Waals surface area contributed by atoms with Crippen molar-refractivity contribution in [3.8, 4) is 0 Å². The number of aromatic nitrogens is 2. The van der Waals surface area contributed by atoms with E-state index >= 15 is 0 Å². The summed E-state index contributed by atoms with van der Waals surface area (Å²) in [6.07, 6.45) is 0. The summed E-state index contributed by atoms with van der Waals surface area (Å²) in [5.74, 6) is -0.202. The Morgan fingerprint density at radius 3 is 2.48 bits per heavy atom. The second-order valence-electron chi connectivity index (χ2n) is 4.76. The predicted octanol–water partition coefficient (Wildman–Crippen LogP) is 4.55. The lowest BCUT2D eigenvalue weighted by Gasteiger charge is -2.08. The maximum absolute atomic E-state index is 10.7. The van der Waals surface area contributed by atoms with Crippen molar-refractivity contribution in [2.45, 2.75) is 20.4 Å². The van der Waals surface area contributed by atoms with Crippen LogP contribution in [-0.2, 0) is 6.54 Å². The van der Waals surface area contributed by atoms with Crippen LogP contribution >= 0.6 is 34.8 Å². The van der Waals surface area contributed by atoms with E-state index in [1.807, 2.05) is 0 Å². The van der Waals surface area contributed by atoms with Gasteiger partial charge in [0.25, 0.3) is 0 Å². The van der Waals surface area contributed by atoms with E-state index < -0.39 is 4.92 Å². The van der Waals surface area contributed by atoms with Crippen LogP contribution < -0.4 is 5.43 Å². The van der Waals surface area contributed by atoms with Gasteiger partial charge in [-0.2, -0.15) is 9.78 Å². The number of hydrogen-bond donors (Lipinski definition) is 1. The summed E-state index contributed by atoms with van der Waals surface area (Å²) in [5.41, 5.74) is 4.49. The summed E-state index contributed by atoms with van der Waals surface area (Å²) in [6, 6.07) is 4.49. The highest BCUT2D eigenvalue weighted by Gasteiger charge is 2.15. The van der Waals surface area contributed by atoms with Gasteiger partial charge >= 0.3 is 5.82 Å². The van der Waals surface area contributed by atoms with E-state index in [4.69, 9.17) is 34.8 Å². The Labute approximate surface area is 147 Å². The SMILES string of the molecule is CC(Cn1nc([N+](=O)[O-])cc1C)=NNc1c(Cl)cc(Cl)cc1Cl. The smallest absolute Gasteiger partial charge is 0.358 e. The molecule has 0 aliphatic rings. The van der Waals surface area contributed by atoms with Gasteiger partial charge in [-0.15, -0.1) is 0 Å². The third-order valence-electron chi connectivity index (χ3n) is 2.90. The second-order valence-corrected chi connectivity index (χ2v) is 6.01. The van der Waals surface area contributed by atoms with Crippen LogP contribution in [0.1, 0.15) is 12.6 Å². The average Bonchev–Trinajstić information content (AvgIpc) is 2.79. The first-order chi connectivity index (χ1) is 10.8. The molecule has 1 aromatic carbocycles. The van der Waals surface area contributed by atoms with Crippen LogP contribution in [0, 0.1) is 17.0 Å². The van der Waals surface area contributed by atoms with Gasteiger partial charge in [-0.1, -0.05) is 34.8 Å². The van der Waals surface area contributed by atoms with Crippen molar-refractivity contribution in [2.75, 3.05) is 5.43 Å². The number of nitro groups is 1. The minimum atomic E-state index is -0.540. The molecule has 0 spiro atoms. The number of hydrogen-bond acceptors (Lipinski definition) is 5. The Morgan fingerprint density at radius 2 is 1.96 bits per heavy atom. The fourth-order valence-electron chi connectivity index (χ4n) is 1.79. The van der Waals surface area contributed by atoms with Crippen molar-refractivity contribution in [3.63, 3.8) is 0 Å². The molecule has 2 rings (SSSR count). The van der Waals surface area contributed by atoms with E-state index in [1.165, 1.54) is 10.7 Å². The van der Waals surface area contributed by atoms with Crippen LogP contribution in [0.15, 0.2) is 23.3 Å². The first-order valence-electron chi connectivity index (χ1n) is 6.40. The average molecular weight is 377 g/mol. The highest BCUT2D eigenvalue weighted by molar-refractivity contribution is 6.41. The molecule has 7 nitrogen and oxygen atoms in total. The van der Waals surface area contributed by atoms with Gasteiger partial charge in [0.1, 0.15) is 6.54 Å². The van der Waals surface area contributed by atoms with Crippen molar-refractivity contribution in [1.29, 1.82) is 0 Å². The molecule has 0 saturated heterocycles. The van der Waals surface area contributed by atoms with Gasteiger partial charge < -0.3 is 10.1 Å². The zero-order valence-corrected chi connectivity index (χ0v) is 14.4. The molecule has 1 N–H and O–H groups in total. The quantitative estimate of drug-likeness (QED) is 0.471. The normalized spacial score (nSPS) is 11.6. The lowest BCUT2D eigenvalue weighted by Crippen LogP contribution is -2.11. The Balaban J connectivity index is 2.14. The highest BCUT2D eigenvalue weighted by atomic mass is 35.5. The van der Waals surface area contributed by atoms with Gasteiger partial charge in [-0.25, -0.2) is 0 Å². The third-order valence-corrected chi connectivity index (χ3v) is 3.71. The maximum Gasteiger partial charge on any atom is 0.390 e. The summed E-state index contributed by atoms with van der Waals surface area (Å²) in [6.45, 7) is 3.76. The lowest BCUT2D eigenvalue weighted by atomic mass is 10.3. The molecule has 0 bridgehead atoms. The van der Waals surface area contributed by atoms with Gasteiger partial charge in [0, 0.05) is 5.02 Å². The van der Waals surface area contributed by atoms with Gasteiger partial charge in [0.15, 0.2) is 0 Å². The molecule has 0 saturated carbocycles. The maximum atomic E-state index is 10.7. The summed E-state index contributed by atoms with van der Waals surface area (Å²) < 4.78 is 1.49. The molecule has 0 aliphatic heterocycles. The molecule has 0 unspecified atom stereocenters. The molecule has 2 aromatic rings. The standard InChI is InChI=1S/C13H12Cl3N5O2/c1-7(6-20-8(2)3-12(19-20)21(22)23)17-18-13-10(15)4-9(14)5-11(13)16/h3-5,18H,6H2,1-2H3. The number of benzene rings is 1. The monoisotopic (exact) mass is 375 g/mol. The van der Waals surface area contributed by atoms with Gasteiger partial charge in [-0.3, -0.25) is 5.43 Å². The number of anilines is 1. The van der Waals surface area contributed by atoms with Crippen molar-refractivity contribution in [1.82, 2.24) is 9.78 Å². The number of halogens is 3. The number of nitrogens with one attached hydrogen (secondary N) is 1. The Kier molecular flexibility index (Phi) is 5.46. The molecule has 0 aliphatic carbocycles. The van der Waals surface area contributed by atoms with E-state index in [0.717, 1.165) is 0 Å². The molecule has 0 amide bonds. The minimum Gasteiger partial charge on any atom is -0.358 e. The van der Waals surface area contributed by atoms with Crippen molar-refractivity contribution in [2.24, 2.45) is 5.10 Å². The Morgan fingerprint density at radius 1 is 1.35 bits per heavy atom. The van der Waals surface area contributed by atoms with Crippen molar-refractivity contribution >= 4 is 52.0 Å². The number of aryl methyl sites for hydroxylation is 1. The number of nitrogens with zero attached hydrogens (tertiary/aromatic N) is 4. The molecular weight excluding hydrogens is 365 g/mol. The fourth-order valence-corrected chi connectivity index (χ4v) is 2.70. The molecule has 0 radical (unpaired) electrons. The molecular formula is C13H12Cl3N5O2. The minimum absolute atomic E-state index is 0.202. The van der Waals surface area contributed by atoms with Gasteiger partial charge in [0.2, 0.25) is 0 Å². The van der Waals surface area contributed by atoms with Crippen LogP contribution in [0.25, 0.3) is 0 Å². The first-order valence-corrected chi connectivity index (χ1v) is 7.54. The topological polar surface area (TPSA) is 85.3 Å². The largest absolute Gasteiger partial charge is 0.390 e. The van der Waals surface area contributed by atoms with Crippen LogP contribution in [0.3, 0.4) is 0 Å². The molecule has 0 fully saturated rings. The molecule has 1 heterocycles. The zero-order chi connectivity index (χ0) is 17.1. The van der Waals surface area contributed by atoms with Crippen LogP contribution in [0.5, 0.6) is 0 Å². The van der Waals surface area contributed by atoms with Crippen LogP contribution in [0.4, 0.5) is 11.5 Å². The fraction of sp³-hybridized carbons (Fsp3) is 0.231. The number of hydrazone groups is 1. The van der Waals surface area contributed by atoms with E-state index in [9.17, 15) is 10.1 Å². The van der Waals surface area contributed by atoms with Gasteiger partial charge in [-0.05, 0) is 30.9 Å². The van der Waals surface area contributed by atoms with Crippen LogP contribution in [-0.4, -0.2) is 20.4 Å². The van der Waals surface area contributed by atoms with Crippen molar-refractivity contribution in [3.05, 3.63) is 49.1 Å². The van der Waals surface area contributed by atoms with Gasteiger partial charge in [0.05, 0.1) is 38.3 Å². The first kappa shape index (κ1) is 17.5. The second kappa shape index (κ2) is 7.16. The molecule has 23 heavy (non-hydrogen) atoms. The predicted molar refractivity (Wildman–Crippen MR) is 91.8 cm³/mol. The molecule has 0 atom stereocenters. The van der Waals surface area contributed by atoms with E-state index in [-0.39, 0.29) is 12.4 Å². The lowest BCUT2D eigenvalue weighted by molar-refractivity contribution is -0.389. The number of rotatable bonds is 5. The van der Waals surface area contributed by atoms with Crippen molar-refractivity contribution < 1.29 is 4.92 Å². The molecule has 1 aromatic heterocycles.